The molecule has 0 spiro atoms. The van der Waals surface area contributed by atoms with Gasteiger partial charge in [-0.25, -0.2) is 0 Å². The Balaban J connectivity index is 2.71. The lowest BCUT2D eigenvalue weighted by Crippen LogP contribution is -2.35. The third-order valence-corrected chi connectivity index (χ3v) is 3.75. The number of allylic oxidation sites excluding steroid dienone is 2. The third kappa shape index (κ3) is 4.03. The Hall–Kier alpha value is -0.226. The van der Waals surface area contributed by atoms with Crippen LogP contribution in [0, 0.1) is 5.92 Å². The molecule has 0 aromatic heterocycles. The summed E-state index contributed by atoms with van der Waals surface area (Å²) in [4.78, 5) is 0. The Kier molecular flexibility index (Phi) is 3.40. The zero-order chi connectivity index (χ0) is 11.9. The van der Waals surface area contributed by atoms with Gasteiger partial charge in [-0.15, -0.1) is 0 Å². The first-order valence-electron chi connectivity index (χ1n) is 5.69. The Morgan fingerprint density at radius 2 is 1.40 bits per heavy atom. The fraction of sp³-hybridized carbons (Fsp3) is 0.818. The van der Waals surface area contributed by atoms with Crippen molar-refractivity contribution in [2.45, 2.75) is 52.6 Å². The Morgan fingerprint density at radius 1 is 0.933 bits per heavy atom. The molecule has 1 aliphatic rings. The molecule has 1 atom stereocenters. The predicted molar refractivity (Wildman–Crippen MR) is 69.7 cm³/mol. The minimum Gasteiger partial charge on any atom is -0.545 e. The molecule has 4 heteroatoms. The van der Waals surface area contributed by atoms with Gasteiger partial charge in [0.1, 0.15) is 11.5 Å². The molecule has 0 aliphatic heterocycles. The lowest BCUT2D eigenvalue weighted by molar-refractivity contribution is 0.223. The van der Waals surface area contributed by atoms with E-state index in [1.54, 1.807) is 0 Å². The molecule has 0 saturated heterocycles. The van der Waals surface area contributed by atoms with E-state index < -0.39 is 16.6 Å². The number of hydrogen-bond donors (Lipinski definition) is 0. The van der Waals surface area contributed by atoms with Gasteiger partial charge in [0, 0.05) is 12.3 Å². The summed E-state index contributed by atoms with van der Waals surface area (Å²) in [7, 11) is -2.93. The van der Waals surface area contributed by atoms with Crippen LogP contribution < -0.4 is 0 Å². The molecule has 2 nitrogen and oxygen atoms in total. The zero-order valence-electron chi connectivity index (χ0n) is 11.1. The minimum absolute atomic E-state index is 0.558. The second kappa shape index (κ2) is 3.98. The van der Waals surface area contributed by atoms with E-state index in [4.69, 9.17) is 8.85 Å². The van der Waals surface area contributed by atoms with Crippen LogP contribution in [0.3, 0.4) is 0 Å². The third-order valence-electron chi connectivity index (χ3n) is 2.06. The topological polar surface area (TPSA) is 18.5 Å². The molecule has 88 valence electrons. The highest BCUT2D eigenvalue weighted by molar-refractivity contribution is 6.70. The monoisotopic (exact) mass is 244 g/mol. The molecule has 0 aromatic rings. The molecule has 1 rings (SSSR count). The number of hydrogen-bond acceptors (Lipinski definition) is 2. The summed E-state index contributed by atoms with van der Waals surface area (Å²) in [5.41, 5.74) is 0. The van der Waals surface area contributed by atoms with E-state index in [1.807, 2.05) is 0 Å². The maximum Gasteiger partial charge on any atom is 0.241 e. The smallest absolute Gasteiger partial charge is 0.241 e. The Morgan fingerprint density at radius 3 is 1.73 bits per heavy atom. The molecule has 0 amide bonds. The molecular formula is C11H24O2Si2. The van der Waals surface area contributed by atoms with Crippen LogP contribution in [-0.4, -0.2) is 16.6 Å². The van der Waals surface area contributed by atoms with Crippen LogP contribution in [-0.2, 0) is 8.85 Å². The van der Waals surface area contributed by atoms with E-state index >= 15 is 0 Å². The largest absolute Gasteiger partial charge is 0.545 e. The molecule has 1 aliphatic carbocycles. The first kappa shape index (κ1) is 12.8. The van der Waals surface area contributed by atoms with Gasteiger partial charge in [0.2, 0.25) is 16.6 Å². The number of rotatable bonds is 4. The van der Waals surface area contributed by atoms with Crippen molar-refractivity contribution >= 4 is 16.6 Å². The zero-order valence-corrected chi connectivity index (χ0v) is 13.1. The van der Waals surface area contributed by atoms with Gasteiger partial charge in [-0.05, 0) is 39.3 Å². The van der Waals surface area contributed by atoms with Crippen LogP contribution in [0.1, 0.15) is 13.3 Å². The van der Waals surface area contributed by atoms with Crippen LogP contribution in [0.25, 0.3) is 0 Å². The van der Waals surface area contributed by atoms with E-state index in [1.165, 1.54) is 0 Å². The van der Waals surface area contributed by atoms with Crippen molar-refractivity contribution in [2.75, 3.05) is 0 Å². The van der Waals surface area contributed by atoms with Gasteiger partial charge in [-0.2, -0.15) is 0 Å². The first-order valence-corrected chi connectivity index (χ1v) is 12.5. The second-order valence-corrected chi connectivity index (χ2v) is 15.2. The second-order valence-electron chi connectivity index (χ2n) is 6.32. The van der Waals surface area contributed by atoms with E-state index in [9.17, 15) is 0 Å². The highest BCUT2D eigenvalue weighted by Gasteiger charge is 2.35. The lowest BCUT2D eigenvalue weighted by atomic mass is 9.93. The van der Waals surface area contributed by atoms with Gasteiger partial charge < -0.3 is 8.85 Å². The van der Waals surface area contributed by atoms with Crippen molar-refractivity contribution in [3.63, 3.8) is 0 Å². The molecule has 15 heavy (non-hydrogen) atoms. The summed E-state index contributed by atoms with van der Waals surface area (Å²) >= 11 is 0. The maximum absolute atomic E-state index is 6.06. The molecule has 0 bridgehead atoms. The maximum atomic E-state index is 6.06. The summed E-state index contributed by atoms with van der Waals surface area (Å²) in [6.45, 7) is 15.5. The first-order chi connectivity index (χ1) is 6.58. The molecule has 0 N–H and O–H groups in total. The van der Waals surface area contributed by atoms with Crippen molar-refractivity contribution in [2.24, 2.45) is 5.92 Å². The highest BCUT2D eigenvalue weighted by atomic mass is 28.4. The van der Waals surface area contributed by atoms with E-state index in [0.717, 1.165) is 17.9 Å². The lowest BCUT2D eigenvalue weighted by Gasteiger charge is -2.37. The SMILES string of the molecule is C[C@@H]1CC(O[Si](C)(C)C)=C1O[Si](C)(C)C. The molecule has 0 fully saturated rings. The van der Waals surface area contributed by atoms with Crippen molar-refractivity contribution in [1.29, 1.82) is 0 Å². The summed E-state index contributed by atoms with van der Waals surface area (Å²) in [5, 5.41) is 0. The van der Waals surface area contributed by atoms with Crippen molar-refractivity contribution in [1.82, 2.24) is 0 Å². The predicted octanol–water partition coefficient (Wildman–Crippen LogP) is 3.94. The van der Waals surface area contributed by atoms with Crippen LogP contribution >= 0.6 is 0 Å². The standard InChI is InChI=1S/C11H24O2Si2/c1-9-8-10(12-14(2,3)4)11(9)13-15(5,6)7/h9H,8H2,1-7H3/t9-/m1/s1. The molecule has 0 aromatic carbocycles. The molecule has 0 radical (unpaired) electrons. The summed E-state index contributed by atoms with van der Waals surface area (Å²) in [6, 6.07) is 0. The Bertz CT molecular complexity index is 271. The summed E-state index contributed by atoms with van der Waals surface area (Å²) in [6.07, 6.45) is 1.06. The molecule has 0 saturated carbocycles. The average molecular weight is 244 g/mol. The minimum atomic E-state index is -1.47. The van der Waals surface area contributed by atoms with Gasteiger partial charge in [0.05, 0.1) is 0 Å². The quantitative estimate of drug-likeness (QED) is 0.697. The van der Waals surface area contributed by atoms with Gasteiger partial charge in [0.25, 0.3) is 0 Å². The van der Waals surface area contributed by atoms with E-state index in [-0.39, 0.29) is 0 Å². The fourth-order valence-corrected chi connectivity index (χ4v) is 3.46. The molecule has 0 heterocycles. The van der Waals surface area contributed by atoms with Crippen LogP contribution in [0.4, 0.5) is 0 Å². The average Bonchev–Trinajstić information content (AvgIpc) is 1.96. The Labute approximate surface area is 95.9 Å². The van der Waals surface area contributed by atoms with E-state index in [0.29, 0.717) is 5.92 Å². The van der Waals surface area contributed by atoms with Crippen molar-refractivity contribution in [3.05, 3.63) is 11.5 Å². The van der Waals surface area contributed by atoms with E-state index in [2.05, 4.69) is 46.2 Å². The molecular weight excluding hydrogens is 220 g/mol. The summed E-state index contributed by atoms with van der Waals surface area (Å²) in [5.74, 6) is 2.82. The van der Waals surface area contributed by atoms with Crippen LogP contribution in [0.15, 0.2) is 11.5 Å². The highest BCUT2D eigenvalue weighted by Crippen LogP contribution is 2.38. The van der Waals surface area contributed by atoms with Gasteiger partial charge >= 0.3 is 0 Å². The summed E-state index contributed by atoms with van der Waals surface area (Å²) < 4.78 is 12.1. The fourth-order valence-electron chi connectivity index (χ4n) is 1.56. The van der Waals surface area contributed by atoms with Gasteiger partial charge in [-0.3, -0.25) is 0 Å². The van der Waals surface area contributed by atoms with Gasteiger partial charge in [-0.1, -0.05) is 6.92 Å². The van der Waals surface area contributed by atoms with Crippen molar-refractivity contribution in [3.8, 4) is 0 Å². The normalized spacial score (nSPS) is 22.5. The van der Waals surface area contributed by atoms with Gasteiger partial charge in [0.15, 0.2) is 0 Å². The van der Waals surface area contributed by atoms with Crippen LogP contribution in [0.2, 0.25) is 39.3 Å². The van der Waals surface area contributed by atoms with Crippen LogP contribution in [0.5, 0.6) is 0 Å². The molecule has 0 unspecified atom stereocenters. The van der Waals surface area contributed by atoms with Crippen molar-refractivity contribution < 1.29 is 8.85 Å².